The van der Waals surface area contributed by atoms with Gasteiger partial charge in [-0.05, 0) is 31.4 Å². The van der Waals surface area contributed by atoms with Crippen LogP contribution in [0.25, 0.3) is 0 Å². The number of rotatable bonds is 4. The zero-order chi connectivity index (χ0) is 9.84. The van der Waals surface area contributed by atoms with Crippen molar-refractivity contribution in [2.75, 3.05) is 20.6 Å². The molecule has 0 fully saturated rings. The summed E-state index contributed by atoms with van der Waals surface area (Å²) < 4.78 is 1.74. The summed E-state index contributed by atoms with van der Waals surface area (Å²) in [4.78, 5) is 2.08. The van der Waals surface area contributed by atoms with Gasteiger partial charge in [-0.25, -0.2) is 4.68 Å². The van der Waals surface area contributed by atoms with Crippen LogP contribution in [0.5, 0.6) is 0 Å². The summed E-state index contributed by atoms with van der Waals surface area (Å²) in [5.74, 6) is 0.738. The Balaban J connectivity index is 2.60. The summed E-state index contributed by atoms with van der Waals surface area (Å²) in [6.07, 6.45) is 0. The summed E-state index contributed by atoms with van der Waals surface area (Å²) in [6.45, 7) is 3.56. The third-order valence-electron chi connectivity index (χ3n) is 1.73. The number of hydrogen-bond acceptors (Lipinski definition) is 5. The van der Waals surface area contributed by atoms with Gasteiger partial charge in [0.15, 0.2) is 5.82 Å². The van der Waals surface area contributed by atoms with Crippen LogP contribution in [0.2, 0.25) is 0 Å². The van der Waals surface area contributed by atoms with Crippen LogP contribution >= 0.6 is 0 Å². The van der Waals surface area contributed by atoms with Crippen LogP contribution in [0.4, 0.5) is 0 Å². The molecule has 0 bridgehead atoms. The molecule has 74 valence electrons. The van der Waals surface area contributed by atoms with Crippen molar-refractivity contribution in [1.29, 1.82) is 0 Å². The lowest BCUT2D eigenvalue weighted by molar-refractivity contribution is 0.364. The molecule has 1 heterocycles. The fraction of sp³-hybridized carbons (Fsp3) is 0.857. The van der Waals surface area contributed by atoms with Gasteiger partial charge in [0.25, 0.3) is 0 Å². The molecule has 1 aromatic heterocycles. The molecule has 1 atom stereocenters. The van der Waals surface area contributed by atoms with E-state index in [2.05, 4.69) is 20.4 Å². The van der Waals surface area contributed by atoms with Gasteiger partial charge in [0.2, 0.25) is 0 Å². The van der Waals surface area contributed by atoms with Gasteiger partial charge in [-0.3, -0.25) is 0 Å². The normalized spacial score (nSPS) is 13.6. The fourth-order valence-corrected chi connectivity index (χ4v) is 0.992. The van der Waals surface area contributed by atoms with Gasteiger partial charge in [-0.15, -0.1) is 5.10 Å². The number of aromatic nitrogens is 4. The number of nitrogens with two attached hydrogens (primary N) is 1. The van der Waals surface area contributed by atoms with Crippen molar-refractivity contribution in [3.05, 3.63) is 5.82 Å². The predicted octanol–water partition coefficient (Wildman–Crippen LogP) is -0.746. The topological polar surface area (TPSA) is 72.9 Å². The van der Waals surface area contributed by atoms with E-state index in [0.717, 1.165) is 18.9 Å². The van der Waals surface area contributed by atoms with Crippen LogP contribution in [-0.4, -0.2) is 45.7 Å². The van der Waals surface area contributed by atoms with E-state index < -0.39 is 0 Å². The molecule has 6 heteroatoms. The monoisotopic (exact) mass is 184 g/mol. The van der Waals surface area contributed by atoms with Crippen LogP contribution in [0, 0.1) is 0 Å². The van der Waals surface area contributed by atoms with Gasteiger partial charge in [0, 0.05) is 6.54 Å². The summed E-state index contributed by atoms with van der Waals surface area (Å²) in [5.41, 5.74) is 5.69. The predicted molar refractivity (Wildman–Crippen MR) is 49.0 cm³/mol. The second kappa shape index (κ2) is 4.29. The molecule has 0 aliphatic heterocycles. The molecule has 1 aromatic rings. The number of tetrazole rings is 1. The second-order valence-corrected chi connectivity index (χ2v) is 3.35. The standard InChI is InChI=1S/C7H16N6/c1-6(8)7-9-10-11-13(7)5-4-12(2)3/h6H,4-5,8H2,1-3H3. The van der Waals surface area contributed by atoms with Crippen molar-refractivity contribution >= 4 is 0 Å². The highest BCUT2D eigenvalue weighted by Gasteiger charge is 2.09. The Bertz CT molecular complexity index is 253. The molecule has 0 radical (unpaired) electrons. The molecule has 0 saturated carbocycles. The number of likely N-dealkylation sites (N-methyl/N-ethyl adjacent to an activating group) is 1. The average molecular weight is 184 g/mol. The Morgan fingerprint density at radius 3 is 2.77 bits per heavy atom. The van der Waals surface area contributed by atoms with E-state index in [4.69, 9.17) is 5.73 Å². The molecule has 0 spiro atoms. The Morgan fingerprint density at radius 1 is 1.54 bits per heavy atom. The first kappa shape index (κ1) is 10.1. The Morgan fingerprint density at radius 2 is 2.23 bits per heavy atom. The SMILES string of the molecule is CC(N)c1nnnn1CCN(C)C. The third-order valence-corrected chi connectivity index (χ3v) is 1.73. The van der Waals surface area contributed by atoms with E-state index in [-0.39, 0.29) is 6.04 Å². The van der Waals surface area contributed by atoms with Crippen molar-refractivity contribution in [3.63, 3.8) is 0 Å². The molecule has 0 saturated heterocycles. The lowest BCUT2D eigenvalue weighted by Crippen LogP contribution is -2.22. The first-order valence-corrected chi connectivity index (χ1v) is 4.27. The molecule has 0 aromatic carbocycles. The maximum atomic E-state index is 5.69. The number of nitrogens with zero attached hydrogens (tertiary/aromatic N) is 5. The van der Waals surface area contributed by atoms with Gasteiger partial charge < -0.3 is 10.6 Å². The average Bonchev–Trinajstić information content (AvgIpc) is 2.47. The highest BCUT2D eigenvalue weighted by molar-refractivity contribution is 4.87. The van der Waals surface area contributed by atoms with Crippen LogP contribution in [0.1, 0.15) is 18.8 Å². The smallest absolute Gasteiger partial charge is 0.167 e. The van der Waals surface area contributed by atoms with E-state index in [1.807, 2.05) is 21.0 Å². The van der Waals surface area contributed by atoms with Crippen molar-refractivity contribution in [3.8, 4) is 0 Å². The quantitative estimate of drug-likeness (QED) is 0.667. The molecule has 1 unspecified atom stereocenters. The third kappa shape index (κ3) is 2.74. The summed E-state index contributed by atoms with van der Waals surface area (Å²) in [6, 6.07) is -0.114. The van der Waals surface area contributed by atoms with Crippen LogP contribution < -0.4 is 5.73 Å². The fourth-order valence-electron chi connectivity index (χ4n) is 0.992. The molecular formula is C7H16N6. The van der Waals surface area contributed by atoms with Crippen molar-refractivity contribution in [2.24, 2.45) is 5.73 Å². The summed E-state index contributed by atoms with van der Waals surface area (Å²) in [7, 11) is 4.02. The molecule has 0 aliphatic rings. The van der Waals surface area contributed by atoms with Gasteiger partial charge in [-0.1, -0.05) is 0 Å². The van der Waals surface area contributed by atoms with Gasteiger partial charge >= 0.3 is 0 Å². The molecular weight excluding hydrogens is 168 g/mol. The maximum absolute atomic E-state index is 5.69. The van der Waals surface area contributed by atoms with E-state index in [1.165, 1.54) is 0 Å². The van der Waals surface area contributed by atoms with E-state index >= 15 is 0 Å². The molecule has 13 heavy (non-hydrogen) atoms. The molecule has 0 aliphatic carbocycles. The highest BCUT2D eigenvalue weighted by atomic mass is 15.5. The Hall–Kier alpha value is -1.01. The Kier molecular flexibility index (Phi) is 3.32. The van der Waals surface area contributed by atoms with Crippen molar-refractivity contribution in [1.82, 2.24) is 25.1 Å². The van der Waals surface area contributed by atoms with E-state index in [9.17, 15) is 0 Å². The minimum Gasteiger partial charge on any atom is -0.322 e. The molecule has 2 N–H and O–H groups in total. The van der Waals surface area contributed by atoms with Crippen LogP contribution in [0.3, 0.4) is 0 Å². The first-order valence-electron chi connectivity index (χ1n) is 4.27. The van der Waals surface area contributed by atoms with Gasteiger partial charge in [-0.2, -0.15) is 0 Å². The van der Waals surface area contributed by atoms with E-state index in [1.54, 1.807) is 4.68 Å². The Labute approximate surface area is 77.7 Å². The van der Waals surface area contributed by atoms with Gasteiger partial charge in [0.1, 0.15) is 0 Å². The zero-order valence-corrected chi connectivity index (χ0v) is 8.30. The van der Waals surface area contributed by atoms with Crippen LogP contribution in [-0.2, 0) is 6.54 Å². The molecule has 1 rings (SSSR count). The van der Waals surface area contributed by atoms with Crippen molar-refractivity contribution in [2.45, 2.75) is 19.5 Å². The minimum absolute atomic E-state index is 0.114. The first-order chi connectivity index (χ1) is 6.11. The van der Waals surface area contributed by atoms with Crippen molar-refractivity contribution < 1.29 is 0 Å². The summed E-state index contributed by atoms with van der Waals surface area (Å²) in [5, 5.41) is 11.3. The molecule has 0 amide bonds. The zero-order valence-electron chi connectivity index (χ0n) is 8.30. The van der Waals surface area contributed by atoms with Gasteiger partial charge in [0.05, 0.1) is 12.6 Å². The highest BCUT2D eigenvalue weighted by Crippen LogP contribution is 2.02. The molecule has 6 nitrogen and oxygen atoms in total. The summed E-state index contributed by atoms with van der Waals surface area (Å²) >= 11 is 0. The van der Waals surface area contributed by atoms with Crippen LogP contribution in [0.15, 0.2) is 0 Å². The largest absolute Gasteiger partial charge is 0.322 e. The number of hydrogen-bond donors (Lipinski definition) is 1. The van der Waals surface area contributed by atoms with E-state index in [0.29, 0.717) is 0 Å². The lowest BCUT2D eigenvalue weighted by atomic mass is 10.3. The minimum atomic E-state index is -0.114. The second-order valence-electron chi connectivity index (χ2n) is 3.35. The lowest BCUT2D eigenvalue weighted by Gasteiger charge is -2.10. The maximum Gasteiger partial charge on any atom is 0.167 e.